The highest BCUT2D eigenvalue weighted by Gasteiger charge is 2.26. The fraction of sp³-hybridized carbons (Fsp3) is 0.323. The summed E-state index contributed by atoms with van der Waals surface area (Å²) in [6, 6.07) is 24.6. The fourth-order valence-electron chi connectivity index (χ4n) is 5.55. The molecule has 0 atom stereocenters. The number of fused-ring (bicyclic) bond motifs is 1. The number of aryl methyl sites for hydroxylation is 1. The number of nitrogens with zero attached hydrogens (tertiary/aromatic N) is 2. The second-order valence-electron chi connectivity index (χ2n) is 10.0. The van der Waals surface area contributed by atoms with Crippen LogP contribution < -0.4 is 5.32 Å². The summed E-state index contributed by atoms with van der Waals surface area (Å²) in [5.41, 5.74) is 6.13. The van der Waals surface area contributed by atoms with Gasteiger partial charge >= 0.3 is 0 Å². The Balaban J connectivity index is 1.31. The van der Waals surface area contributed by atoms with Gasteiger partial charge in [-0.2, -0.15) is 0 Å². The maximum atomic E-state index is 13.6. The molecular weight excluding hydrogens is 446 g/mol. The van der Waals surface area contributed by atoms with Crippen molar-refractivity contribution >= 4 is 16.8 Å². The van der Waals surface area contributed by atoms with Gasteiger partial charge in [0.1, 0.15) is 5.75 Å². The first-order chi connectivity index (χ1) is 17.5. The number of phenolic OH excluding ortho intramolecular Hbond substituents is 1. The molecule has 4 aromatic rings. The minimum atomic E-state index is -0.0444. The number of nitrogens with one attached hydrogen (secondary N) is 1. The predicted molar refractivity (Wildman–Crippen MR) is 146 cm³/mol. The Morgan fingerprint density at radius 3 is 2.25 bits per heavy atom. The average Bonchev–Trinajstić information content (AvgIpc) is 3.16. The molecule has 1 aliphatic rings. The maximum absolute atomic E-state index is 13.6. The Labute approximate surface area is 213 Å². The molecule has 36 heavy (non-hydrogen) atoms. The van der Waals surface area contributed by atoms with Crippen molar-refractivity contribution in [1.82, 2.24) is 14.8 Å². The van der Waals surface area contributed by atoms with Crippen molar-refractivity contribution in [1.29, 1.82) is 0 Å². The molecule has 0 spiro atoms. The number of hydrogen-bond acceptors (Lipinski definition) is 3. The summed E-state index contributed by atoms with van der Waals surface area (Å²) in [5.74, 6) is 0.148. The second kappa shape index (κ2) is 10.6. The fourth-order valence-corrected chi connectivity index (χ4v) is 5.55. The normalized spacial score (nSPS) is 14.8. The van der Waals surface area contributed by atoms with Gasteiger partial charge in [-0.25, -0.2) is 0 Å². The van der Waals surface area contributed by atoms with Gasteiger partial charge in [-0.15, -0.1) is 0 Å². The molecule has 5 nitrogen and oxygen atoms in total. The van der Waals surface area contributed by atoms with Crippen LogP contribution in [0.3, 0.4) is 0 Å². The Morgan fingerprint density at radius 1 is 0.944 bits per heavy atom. The first-order valence-corrected chi connectivity index (χ1v) is 12.9. The lowest BCUT2D eigenvalue weighted by molar-refractivity contribution is 0.0912. The molecular formula is C31H35N3O2. The van der Waals surface area contributed by atoms with Crippen molar-refractivity contribution in [2.24, 2.45) is 0 Å². The van der Waals surface area contributed by atoms with Crippen LogP contribution in [0.2, 0.25) is 0 Å². The minimum Gasteiger partial charge on any atom is -0.508 e. The molecule has 1 aromatic heterocycles. The molecule has 0 unspecified atom stereocenters. The van der Waals surface area contributed by atoms with E-state index in [0.29, 0.717) is 12.1 Å². The second-order valence-corrected chi connectivity index (χ2v) is 10.0. The third-order valence-electron chi connectivity index (χ3n) is 7.48. The number of carbonyl (C=O) groups is 1. The molecule has 5 rings (SSSR count). The molecule has 3 aromatic carbocycles. The molecule has 0 bridgehead atoms. The Bertz CT molecular complexity index is 1340. The number of piperidine rings is 1. The van der Waals surface area contributed by atoms with Crippen molar-refractivity contribution in [2.75, 3.05) is 19.6 Å². The lowest BCUT2D eigenvalue weighted by atomic mass is 10.0. The molecule has 0 radical (unpaired) electrons. The van der Waals surface area contributed by atoms with Gasteiger partial charge < -0.3 is 19.9 Å². The highest BCUT2D eigenvalue weighted by Crippen LogP contribution is 2.33. The Morgan fingerprint density at radius 2 is 1.58 bits per heavy atom. The number of benzene rings is 3. The highest BCUT2D eigenvalue weighted by atomic mass is 16.3. The van der Waals surface area contributed by atoms with E-state index in [-0.39, 0.29) is 17.7 Å². The lowest BCUT2D eigenvalue weighted by Gasteiger charge is -2.32. The first kappa shape index (κ1) is 24.1. The number of carbonyl (C=O) groups excluding carboxylic acids is 1. The van der Waals surface area contributed by atoms with Crippen LogP contribution in [0.1, 0.15) is 45.6 Å². The molecule has 2 heterocycles. The van der Waals surface area contributed by atoms with Crippen LogP contribution in [0.15, 0.2) is 72.8 Å². The van der Waals surface area contributed by atoms with Crippen LogP contribution in [-0.2, 0) is 13.0 Å². The van der Waals surface area contributed by atoms with E-state index >= 15 is 0 Å². The van der Waals surface area contributed by atoms with Crippen LogP contribution >= 0.6 is 0 Å². The van der Waals surface area contributed by atoms with Crippen LogP contribution in [0.5, 0.6) is 5.75 Å². The van der Waals surface area contributed by atoms with E-state index < -0.39 is 0 Å². The van der Waals surface area contributed by atoms with Gasteiger partial charge in [0, 0.05) is 43.3 Å². The van der Waals surface area contributed by atoms with E-state index in [9.17, 15) is 9.90 Å². The van der Waals surface area contributed by atoms with Crippen LogP contribution in [0.25, 0.3) is 10.9 Å². The van der Waals surface area contributed by atoms with E-state index in [0.717, 1.165) is 61.1 Å². The van der Waals surface area contributed by atoms with Gasteiger partial charge in [0.25, 0.3) is 5.91 Å². The largest absolute Gasteiger partial charge is 0.508 e. The number of aromatic nitrogens is 1. The zero-order valence-corrected chi connectivity index (χ0v) is 21.2. The monoisotopic (exact) mass is 481 g/mol. The predicted octanol–water partition coefficient (Wildman–Crippen LogP) is 5.45. The number of rotatable bonds is 7. The number of phenols is 1. The average molecular weight is 482 g/mol. The maximum Gasteiger partial charge on any atom is 0.253 e. The van der Waals surface area contributed by atoms with Crippen molar-refractivity contribution in [3.63, 3.8) is 0 Å². The molecule has 5 heteroatoms. The smallest absolute Gasteiger partial charge is 0.253 e. The molecule has 0 aliphatic carbocycles. The van der Waals surface area contributed by atoms with E-state index in [1.165, 1.54) is 11.1 Å². The van der Waals surface area contributed by atoms with Crippen LogP contribution in [-0.4, -0.2) is 46.2 Å². The van der Waals surface area contributed by atoms with Gasteiger partial charge in [0.15, 0.2) is 0 Å². The standard InChI is InChI=1S/C31H35N3O2/c1-22-19-27(35)20-28-29(23(2)34(30(22)28)21-25-11-7-4-8-12-25)31(36)32-26-14-17-33(18-15-26)16-13-24-9-5-3-6-10-24/h3-12,19-20,26,35H,13-18,21H2,1-2H3,(H,32,36). The lowest BCUT2D eigenvalue weighted by Crippen LogP contribution is -2.45. The van der Waals surface area contributed by atoms with Crippen LogP contribution in [0, 0.1) is 13.8 Å². The van der Waals surface area contributed by atoms with Crippen molar-refractivity contribution in [3.05, 3.63) is 101 Å². The summed E-state index contributed by atoms with van der Waals surface area (Å²) in [4.78, 5) is 16.1. The van der Waals surface area contributed by atoms with Crippen molar-refractivity contribution in [2.45, 2.75) is 45.7 Å². The van der Waals surface area contributed by atoms with E-state index in [1.54, 1.807) is 12.1 Å². The third-order valence-corrected chi connectivity index (χ3v) is 7.48. The topological polar surface area (TPSA) is 57.5 Å². The molecule has 1 fully saturated rings. The number of amides is 1. The number of likely N-dealkylation sites (tertiary alicyclic amines) is 1. The van der Waals surface area contributed by atoms with Gasteiger partial charge in [-0.1, -0.05) is 60.7 Å². The summed E-state index contributed by atoms with van der Waals surface area (Å²) in [7, 11) is 0. The van der Waals surface area contributed by atoms with E-state index in [1.807, 2.05) is 32.0 Å². The van der Waals surface area contributed by atoms with Crippen LogP contribution in [0.4, 0.5) is 0 Å². The van der Waals surface area contributed by atoms with Gasteiger partial charge in [0.2, 0.25) is 0 Å². The number of aromatic hydroxyl groups is 1. The molecule has 1 amide bonds. The Kier molecular flexibility index (Phi) is 7.10. The third kappa shape index (κ3) is 5.17. The molecule has 1 saturated heterocycles. The van der Waals surface area contributed by atoms with Gasteiger partial charge in [-0.05, 0) is 61.9 Å². The Hall–Kier alpha value is -3.57. The summed E-state index contributed by atoms with van der Waals surface area (Å²) in [6.45, 7) is 7.73. The molecule has 0 saturated carbocycles. The summed E-state index contributed by atoms with van der Waals surface area (Å²) in [5, 5.41) is 14.5. The quantitative estimate of drug-likeness (QED) is 0.369. The van der Waals surface area contributed by atoms with E-state index in [2.05, 4.69) is 57.2 Å². The zero-order valence-electron chi connectivity index (χ0n) is 21.2. The van der Waals surface area contributed by atoms with Crippen molar-refractivity contribution < 1.29 is 9.90 Å². The SMILES string of the molecule is Cc1cc(O)cc2c(C(=O)NC3CCN(CCc4ccccc4)CC3)c(C)n(Cc3ccccc3)c12. The van der Waals surface area contributed by atoms with Crippen molar-refractivity contribution in [3.8, 4) is 5.75 Å². The number of hydrogen-bond donors (Lipinski definition) is 2. The zero-order chi connectivity index (χ0) is 25.1. The van der Waals surface area contributed by atoms with Gasteiger partial charge in [-0.3, -0.25) is 4.79 Å². The summed E-state index contributed by atoms with van der Waals surface area (Å²) >= 11 is 0. The summed E-state index contributed by atoms with van der Waals surface area (Å²) < 4.78 is 2.21. The molecule has 1 aliphatic heterocycles. The minimum absolute atomic E-state index is 0.0444. The van der Waals surface area contributed by atoms with E-state index in [4.69, 9.17) is 0 Å². The molecule has 2 N–H and O–H groups in total. The summed E-state index contributed by atoms with van der Waals surface area (Å²) in [6.07, 6.45) is 2.96. The molecule has 186 valence electrons. The van der Waals surface area contributed by atoms with Gasteiger partial charge in [0.05, 0.1) is 11.1 Å². The highest BCUT2D eigenvalue weighted by molar-refractivity contribution is 6.09. The first-order valence-electron chi connectivity index (χ1n) is 12.9.